The summed E-state index contributed by atoms with van der Waals surface area (Å²) in [7, 11) is 4.07. The Morgan fingerprint density at radius 1 is 1.34 bits per heavy atom. The van der Waals surface area contributed by atoms with E-state index in [1.807, 2.05) is 0 Å². The highest BCUT2D eigenvalue weighted by Gasteiger charge is 2.54. The van der Waals surface area contributed by atoms with E-state index in [4.69, 9.17) is 10.6 Å². The van der Waals surface area contributed by atoms with Gasteiger partial charge in [0.1, 0.15) is 29.9 Å². The molecule has 38 heavy (non-hydrogen) atoms. The van der Waals surface area contributed by atoms with Gasteiger partial charge in [-0.1, -0.05) is 16.9 Å². The Hall–Kier alpha value is -3.90. The number of β-lactam (4-membered cyclic amide) rings is 1. The van der Waals surface area contributed by atoms with Crippen molar-refractivity contribution in [3.63, 3.8) is 0 Å². The lowest BCUT2D eigenvalue weighted by Crippen LogP contribution is -2.71. The van der Waals surface area contributed by atoms with Gasteiger partial charge in [-0.3, -0.25) is 14.5 Å². The van der Waals surface area contributed by atoms with E-state index < -0.39 is 35.2 Å². The molecule has 1 saturated heterocycles. The number of nitrogens with zero attached hydrogens (tertiary/aromatic N) is 6. The zero-order chi connectivity index (χ0) is 27.6. The van der Waals surface area contributed by atoms with E-state index in [0.29, 0.717) is 10.7 Å². The predicted molar refractivity (Wildman–Crippen MR) is 137 cm³/mol. The SMILES string of the molecule is CO/N=C(\C(=O)NC1C(=O)N2C(C(=O)O)=C(/C=C/Sc3nc(C(=O)OC)nn3C)CSC12)c1csc(N)n1. The van der Waals surface area contributed by atoms with Crippen molar-refractivity contribution in [2.45, 2.75) is 16.6 Å². The molecule has 0 aliphatic carbocycles. The first-order chi connectivity index (χ1) is 18.2. The fourth-order valence-corrected chi connectivity index (χ4v) is 6.05. The molecule has 2 aromatic heterocycles. The average Bonchev–Trinajstić information content (AvgIpc) is 3.49. The minimum Gasteiger partial charge on any atom is -0.477 e. The summed E-state index contributed by atoms with van der Waals surface area (Å²) in [5.74, 6) is -3.12. The van der Waals surface area contributed by atoms with Crippen LogP contribution in [0.2, 0.25) is 0 Å². The normalized spacial score (nSPS) is 19.3. The maximum absolute atomic E-state index is 12.9. The van der Waals surface area contributed by atoms with Crippen LogP contribution in [0, 0.1) is 0 Å². The van der Waals surface area contributed by atoms with Gasteiger partial charge in [0.2, 0.25) is 0 Å². The van der Waals surface area contributed by atoms with E-state index in [2.05, 4.69) is 30.3 Å². The van der Waals surface area contributed by atoms with E-state index in [-0.39, 0.29) is 33.8 Å². The molecule has 2 aromatic rings. The van der Waals surface area contributed by atoms with Gasteiger partial charge in [-0.15, -0.1) is 28.2 Å². The molecule has 2 unspecified atom stereocenters. The molecular formula is C20H20N8O7S3. The number of carbonyl (C=O) groups is 4. The summed E-state index contributed by atoms with van der Waals surface area (Å²) in [4.78, 5) is 63.5. The second-order valence-corrected chi connectivity index (χ2v) is 10.4. The van der Waals surface area contributed by atoms with Crippen LogP contribution in [0.1, 0.15) is 16.3 Å². The molecule has 15 nitrogen and oxygen atoms in total. The molecule has 4 heterocycles. The van der Waals surface area contributed by atoms with Crippen molar-refractivity contribution in [3.05, 3.63) is 39.7 Å². The number of thioether (sulfide) groups is 2. The zero-order valence-corrected chi connectivity index (χ0v) is 22.4. The number of aliphatic carboxylic acids is 1. The number of oxime groups is 1. The minimum atomic E-state index is -1.29. The van der Waals surface area contributed by atoms with Gasteiger partial charge in [0, 0.05) is 18.2 Å². The van der Waals surface area contributed by atoms with Gasteiger partial charge in [0.25, 0.3) is 17.6 Å². The largest absolute Gasteiger partial charge is 0.477 e. The van der Waals surface area contributed by atoms with Crippen LogP contribution in [0.25, 0.3) is 0 Å². The number of fused-ring (bicyclic) bond motifs is 1. The van der Waals surface area contributed by atoms with Gasteiger partial charge in [-0.25, -0.2) is 19.3 Å². The molecule has 0 radical (unpaired) electrons. The minimum absolute atomic E-state index is 0.108. The van der Waals surface area contributed by atoms with E-state index >= 15 is 0 Å². The third kappa shape index (κ3) is 5.22. The Labute approximate surface area is 227 Å². The number of carboxylic acid groups (broad SMARTS) is 1. The number of anilines is 1. The maximum Gasteiger partial charge on any atom is 0.377 e. The first-order valence-corrected chi connectivity index (χ1v) is 13.3. The smallest absolute Gasteiger partial charge is 0.377 e. The summed E-state index contributed by atoms with van der Waals surface area (Å²) in [6.07, 6.45) is 1.55. The highest BCUT2D eigenvalue weighted by Crippen LogP contribution is 2.41. The molecule has 2 atom stereocenters. The Morgan fingerprint density at radius 2 is 2.11 bits per heavy atom. The summed E-state index contributed by atoms with van der Waals surface area (Å²) < 4.78 is 5.98. The van der Waals surface area contributed by atoms with Crippen molar-refractivity contribution in [1.29, 1.82) is 0 Å². The third-order valence-electron chi connectivity index (χ3n) is 5.18. The number of carbonyl (C=O) groups excluding carboxylic acids is 3. The van der Waals surface area contributed by atoms with Crippen LogP contribution in [-0.4, -0.2) is 90.6 Å². The zero-order valence-electron chi connectivity index (χ0n) is 20.0. The number of hydrogen-bond acceptors (Lipinski definition) is 14. The van der Waals surface area contributed by atoms with E-state index in [1.54, 1.807) is 18.5 Å². The summed E-state index contributed by atoms with van der Waals surface area (Å²) in [6, 6.07) is -0.977. The number of nitrogen functional groups attached to an aromatic ring is 1. The van der Waals surface area contributed by atoms with Gasteiger partial charge >= 0.3 is 11.9 Å². The third-order valence-corrected chi connectivity index (χ3v) is 8.00. The molecule has 4 N–H and O–H groups in total. The number of allylic oxidation sites excluding steroid dienone is 1. The molecule has 0 spiro atoms. The number of aryl methyl sites for hydroxylation is 1. The van der Waals surface area contributed by atoms with Gasteiger partial charge in [-0.05, 0) is 17.1 Å². The molecule has 1 fully saturated rings. The van der Waals surface area contributed by atoms with Crippen molar-refractivity contribution in [2.75, 3.05) is 25.7 Å². The van der Waals surface area contributed by atoms with Crippen LogP contribution in [0.3, 0.4) is 0 Å². The number of amides is 2. The number of methoxy groups -OCH3 is 1. The highest BCUT2D eigenvalue weighted by atomic mass is 32.2. The predicted octanol–water partition coefficient (Wildman–Crippen LogP) is 0.0355. The van der Waals surface area contributed by atoms with E-state index in [9.17, 15) is 24.3 Å². The van der Waals surface area contributed by atoms with Gasteiger partial charge in [-0.2, -0.15) is 4.98 Å². The van der Waals surface area contributed by atoms with Crippen molar-refractivity contribution in [1.82, 2.24) is 30.0 Å². The molecule has 2 aliphatic heterocycles. The van der Waals surface area contributed by atoms with E-state index in [0.717, 1.165) is 28.0 Å². The van der Waals surface area contributed by atoms with Crippen LogP contribution in [0.5, 0.6) is 0 Å². The first kappa shape index (κ1) is 27.1. The van der Waals surface area contributed by atoms with Crippen LogP contribution < -0.4 is 11.1 Å². The van der Waals surface area contributed by atoms with Crippen molar-refractivity contribution >= 4 is 69.5 Å². The topological polar surface area (TPSA) is 204 Å². The van der Waals surface area contributed by atoms with Crippen LogP contribution in [0.15, 0.2) is 38.4 Å². The lowest BCUT2D eigenvalue weighted by molar-refractivity contribution is -0.150. The Bertz CT molecular complexity index is 1400. The van der Waals surface area contributed by atoms with Gasteiger partial charge < -0.3 is 25.7 Å². The molecule has 2 amide bonds. The van der Waals surface area contributed by atoms with Crippen LogP contribution >= 0.6 is 34.9 Å². The molecule has 0 aromatic carbocycles. The summed E-state index contributed by atoms with van der Waals surface area (Å²) in [6.45, 7) is 0. The Kier molecular flexibility index (Phi) is 8.02. The molecule has 200 valence electrons. The second-order valence-electron chi connectivity index (χ2n) is 7.49. The Morgan fingerprint density at radius 3 is 2.74 bits per heavy atom. The Balaban J connectivity index is 1.48. The molecule has 4 rings (SSSR count). The monoisotopic (exact) mass is 580 g/mol. The van der Waals surface area contributed by atoms with Gasteiger partial charge in [0.05, 0.1) is 7.11 Å². The lowest BCUT2D eigenvalue weighted by Gasteiger charge is -2.49. The maximum atomic E-state index is 12.9. The van der Waals surface area contributed by atoms with Crippen molar-refractivity contribution in [3.8, 4) is 0 Å². The summed E-state index contributed by atoms with van der Waals surface area (Å²) in [5, 5.41) is 23.2. The molecule has 0 saturated carbocycles. The number of ether oxygens (including phenoxy) is 1. The first-order valence-electron chi connectivity index (χ1n) is 10.5. The van der Waals surface area contributed by atoms with Gasteiger partial charge in [0.15, 0.2) is 16.0 Å². The lowest BCUT2D eigenvalue weighted by atomic mass is 10.0. The van der Waals surface area contributed by atoms with Crippen LogP contribution in [-0.2, 0) is 31.0 Å². The molecule has 18 heteroatoms. The number of thiazole rings is 1. The number of rotatable bonds is 9. The van der Waals surface area contributed by atoms with Crippen molar-refractivity contribution < 1.29 is 33.9 Å². The number of carboxylic acids is 1. The number of esters is 1. The standard InChI is InChI=1S/C20H20N8O7S3/c1-27-20(24-13(25-27)18(33)34-2)36-5-4-8-6-37-16-11(15(30)28(16)12(8)17(31)32)23-14(29)10(26-35-3)9-7-38-19(21)22-9/h4-5,7,11,16H,6H2,1-3H3,(H2,21,22)(H,23,29)(H,31,32)/b5-4+,26-10-. The molecular weight excluding hydrogens is 560 g/mol. The number of hydrogen-bond donors (Lipinski definition) is 3. The summed E-state index contributed by atoms with van der Waals surface area (Å²) in [5.41, 5.74) is 5.85. The number of nitrogens with two attached hydrogens (primary N) is 1. The van der Waals surface area contributed by atoms with Crippen molar-refractivity contribution in [2.24, 2.45) is 12.2 Å². The number of nitrogens with one attached hydrogen (secondary N) is 1. The fraction of sp³-hybridized carbons (Fsp3) is 0.300. The van der Waals surface area contributed by atoms with Crippen LogP contribution in [0.4, 0.5) is 5.13 Å². The van der Waals surface area contributed by atoms with E-state index in [1.165, 1.54) is 36.0 Å². The summed E-state index contributed by atoms with van der Waals surface area (Å²) >= 11 is 3.51. The number of aromatic nitrogens is 4. The highest BCUT2D eigenvalue weighted by molar-refractivity contribution is 8.02. The fourth-order valence-electron chi connectivity index (χ4n) is 3.50. The quantitative estimate of drug-likeness (QED) is 0.118. The molecule has 0 bridgehead atoms. The average molecular weight is 581 g/mol. The second kappa shape index (κ2) is 11.2. The molecule has 2 aliphatic rings.